The molecule has 1 N–H and O–H groups in total. The Morgan fingerprint density at radius 2 is 1.62 bits per heavy atom. The molecule has 0 aliphatic rings. The molecule has 1 unspecified atom stereocenters. The average Bonchev–Trinajstić information content (AvgIpc) is 2.93. The summed E-state index contributed by atoms with van der Waals surface area (Å²) in [5, 5.41) is 3.59. The van der Waals surface area contributed by atoms with Crippen LogP contribution < -0.4 is 14.4 Å². The van der Waals surface area contributed by atoms with Gasteiger partial charge in [-0.1, -0.05) is 79.5 Å². The number of benzene rings is 3. The van der Waals surface area contributed by atoms with Crippen molar-refractivity contribution >= 4 is 50.7 Å². The van der Waals surface area contributed by atoms with Crippen LogP contribution in [0.1, 0.15) is 30.5 Å². The van der Waals surface area contributed by atoms with Crippen LogP contribution in [0.4, 0.5) is 5.69 Å². The van der Waals surface area contributed by atoms with E-state index in [1.807, 2.05) is 51.1 Å². The monoisotopic (exact) mass is 633 g/mol. The minimum absolute atomic E-state index is 0.119. The van der Waals surface area contributed by atoms with Gasteiger partial charge >= 0.3 is 0 Å². The molecule has 0 radical (unpaired) electrons. The van der Waals surface area contributed by atoms with Gasteiger partial charge in [-0.2, -0.15) is 0 Å². The van der Waals surface area contributed by atoms with Crippen molar-refractivity contribution in [1.82, 2.24) is 10.2 Å². The molecule has 0 heterocycles. The number of nitrogens with zero attached hydrogens (tertiary/aromatic N) is 2. The zero-order valence-electron chi connectivity index (χ0n) is 24.4. The van der Waals surface area contributed by atoms with Gasteiger partial charge in [-0.25, -0.2) is 8.42 Å². The number of hydrogen-bond acceptors (Lipinski definition) is 5. The van der Waals surface area contributed by atoms with Crippen LogP contribution in [0.5, 0.6) is 5.75 Å². The Labute approximate surface area is 258 Å². The van der Waals surface area contributed by atoms with E-state index in [9.17, 15) is 18.0 Å². The quantitative estimate of drug-likeness (QED) is 0.269. The molecule has 42 heavy (non-hydrogen) atoms. The number of carbonyl (C=O) groups is 2. The fourth-order valence-corrected chi connectivity index (χ4v) is 5.78. The van der Waals surface area contributed by atoms with E-state index in [0.29, 0.717) is 22.2 Å². The van der Waals surface area contributed by atoms with Crippen molar-refractivity contribution in [3.8, 4) is 5.75 Å². The van der Waals surface area contributed by atoms with Gasteiger partial charge in [-0.15, -0.1) is 0 Å². The average molecular weight is 635 g/mol. The van der Waals surface area contributed by atoms with E-state index in [1.165, 1.54) is 12.0 Å². The van der Waals surface area contributed by atoms with Gasteiger partial charge < -0.3 is 15.0 Å². The van der Waals surface area contributed by atoms with Crippen LogP contribution in [0.3, 0.4) is 0 Å². The Kier molecular flexibility index (Phi) is 11.7. The summed E-state index contributed by atoms with van der Waals surface area (Å²) >= 11 is 13.0. The minimum atomic E-state index is -3.96. The lowest BCUT2D eigenvalue weighted by atomic mass is 10.0. The summed E-state index contributed by atoms with van der Waals surface area (Å²) in [6.45, 7) is 5.45. The summed E-state index contributed by atoms with van der Waals surface area (Å²) < 4.78 is 32.6. The van der Waals surface area contributed by atoms with E-state index in [-0.39, 0.29) is 36.2 Å². The summed E-state index contributed by atoms with van der Waals surface area (Å²) in [6, 6.07) is 18.4. The summed E-state index contributed by atoms with van der Waals surface area (Å²) in [5.41, 5.74) is 2.27. The second kappa shape index (κ2) is 14.8. The van der Waals surface area contributed by atoms with Crippen LogP contribution in [-0.4, -0.2) is 57.6 Å². The van der Waals surface area contributed by atoms with Gasteiger partial charge in [0, 0.05) is 35.1 Å². The van der Waals surface area contributed by atoms with E-state index >= 15 is 0 Å². The summed E-state index contributed by atoms with van der Waals surface area (Å²) in [6.07, 6.45) is 1.21. The van der Waals surface area contributed by atoms with Crippen molar-refractivity contribution < 1.29 is 22.7 Å². The molecule has 226 valence electrons. The second-order valence-electron chi connectivity index (χ2n) is 10.5. The Bertz CT molecular complexity index is 1480. The summed E-state index contributed by atoms with van der Waals surface area (Å²) in [7, 11) is -2.53. The first kappa shape index (κ1) is 33.2. The van der Waals surface area contributed by atoms with Crippen LogP contribution in [0.2, 0.25) is 10.0 Å². The van der Waals surface area contributed by atoms with E-state index in [2.05, 4.69) is 5.32 Å². The van der Waals surface area contributed by atoms with Gasteiger partial charge in [0.1, 0.15) is 18.3 Å². The SMILES string of the molecule is COc1ccc(C)cc1N(CC(=O)N(Cc1c(Cl)cccc1Cl)C(Cc1ccccc1)C(=O)NCC(C)C)S(C)(=O)=O. The number of methoxy groups -OCH3 is 1. The van der Waals surface area contributed by atoms with Gasteiger partial charge in [0.15, 0.2) is 0 Å². The fourth-order valence-electron chi connectivity index (χ4n) is 4.42. The van der Waals surface area contributed by atoms with Crippen molar-refractivity contribution in [2.75, 3.05) is 30.8 Å². The standard InChI is InChI=1S/C31H37Cl2N3O5S/c1-21(2)18-34-31(38)28(17-23-10-7-6-8-11-23)35(19-24-25(32)12-9-13-26(24)33)30(37)20-36(42(5,39)40)27-16-22(3)14-15-29(27)41-4/h6-16,21,28H,17-20H2,1-5H3,(H,34,38). The molecule has 11 heteroatoms. The Balaban J connectivity index is 2.14. The molecule has 0 aromatic heterocycles. The molecule has 3 aromatic rings. The molecule has 1 atom stereocenters. The molecule has 0 saturated heterocycles. The van der Waals surface area contributed by atoms with E-state index in [4.69, 9.17) is 27.9 Å². The molecule has 0 saturated carbocycles. The van der Waals surface area contributed by atoms with Gasteiger partial charge in [0.25, 0.3) is 0 Å². The van der Waals surface area contributed by atoms with E-state index < -0.39 is 28.5 Å². The lowest BCUT2D eigenvalue weighted by molar-refractivity contribution is -0.140. The highest BCUT2D eigenvalue weighted by Gasteiger charge is 2.34. The maximum absolute atomic E-state index is 14.3. The van der Waals surface area contributed by atoms with Gasteiger partial charge in [0.05, 0.1) is 19.1 Å². The third-order valence-corrected chi connectivity index (χ3v) is 8.46. The summed E-state index contributed by atoms with van der Waals surface area (Å²) in [4.78, 5) is 29.4. The third kappa shape index (κ3) is 8.86. The maximum Gasteiger partial charge on any atom is 0.244 e. The predicted octanol–water partition coefficient (Wildman–Crippen LogP) is 5.49. The predicted molar refractivity (Wildman–Crippen MR) is 169 cm³/mol. The zero-order valence-corrected chi connectivity index (χ0v) is 26.8. The Morgan fingerprint density at radius 1 is 0.976 bits per heavy atom. The number of nitrogens with one attached hydrogen (secondary N) is 1. The van der Waals surface area contributed by atoms with E-state index in [0.717, 1.165) is 21.7 Å². The first-order chi connectivity index (χ1) is 19.8. The van der Waals surface area contributed by atoms with Crippen molar-refractivity contribution in [2.45, 2.75) is 39.8 Å². The molecule has 8 nitrogen and oxygen atoms in total. The van der Waals surface area contributed by atoms with Crippen LogP contribution in [0, 0.1) is 12.8 Å². The van der Waals surface area contributed by atoms with Crippen molar-refractivity contribution in [3.05, 3.63) is 93.5 Å². The maximum atomic E-state index is 14.3. The van der Waals surface area contributed by atoms with Crippen molar-refractivity contribution in [3.63, 3.8) is 0 Å². The highest BCUT2D eigenvalue weighted by atomic mass is 35.5. The Hall–Kier alpha value is -3.27. The third-order valence-electron chi connectivity index (χ3n) is 6.63. The number of halogens is 2. The Morgan fingerprint density at radius 3 is 2.19 bits per heavy atom. The highest BCUT2D eigenvalue weighted by molar-refractivity contribution is 7.92. The van der Waals surface area contributed by atoms with Crippen molar-refractivity contribution in [1.29, 1.82) is 0 Å². The topological polar surface area (TPSA) is 96.0 Å². The number of hydrogen-bond donors (Lipinski definition) is 1. The largest absolute Gasteiger partial charge is 0.495 e. The lowest BCUT2D eigenvalue weighted by Gasteiger charge is -2.34. The van der Waals surface area contributed by atoms with Crippen LogP contribution in [0.25, 0.3) is 0 Å². The number of amides is 2. The summed E-state index contributed by atoms with van der Waals surface area (Å²) in [5.74, 6) is -0.526. The second-order valence-corrected chi connectivity index (χ2v) is 13.2. The number of anilines is 1. The molecule has 3 aromatic carbocycles. The van der Waals surface area contributed by atoms with Crippen LogP contribution in [0.15, 0.2) is 66.7 Å². The molecular weight excluding hydrogens is 597 g/mol. The molecular formula is C31H37Cl2N3O5S. The van der Waals surface area contributed by atoms with Crippen LogP contribution in [-0.2, 0) is 32.6 Å². The molecule has 2 amide bonds. The first-order valence-electron chi connectivity index (χ1n) is 13.5. The number of aryl methyl sites for hydroxylation is 1. The lowest BCUT2D eigenvalue weighted by Crippen LogP contribution is -2.53. The molecule has 3 rings (SSSR count). The van der Waals surface area contributed by atoms with E-state index in [1.54, 1.807) is 36.4 Å². The molecule has 0 aliphatic carbocycles. The number of rotatable bonds is 13. The smallest absolute Gasteiger partial charge is 0.244 e. The molecule has 0 spiro atoms. The fraction of sp³-hybridized carbons (Fsp3) is 0.355. The first-order valence-corrected chi connectivity index (χ1v) is 16.1. The highest BCUT2D eigenvalue weighted by Crippen LogP contribution is 2.32. The number of sulfonamides is 1. The van der Waals surface area contributed by atoms with Gasteiger partial charge in [-0.3, -0.25) is 13.9 Å². The molecule has 0 fully saturated rings. The molecule has 0 aliphatic heterocycles. The van der Waals surface area contributed by atoms with Gasteiger partial charge in [0.2, 0.25) is 21.8 Å². The van der Waals surface area contributed by atoms with Crippen molar-refractivity contribution in [2.24, 2.45) is 5.92 Å². The minimum Gasteiger partial charge on any atom is -0.495 e. The van der Waals surface area contributed by atoms with Gasteiger partial charge in [-0.05, 0) is 48.2 Å². The number of ether oxygens (including phenoxy) is 1. The van der Waals surface area contributed by atoms with Crippen LogP contribution >= 0.6 is 23.2 Å². The molecule has 0 bridgehead atoms. The normalized spacial score (nSPS) is 12.1. The zero-order chi connectivity index (χ0) is 31.0. The number of carbonyl (C=O) groups excluding carboxylic acids is 2.